The minimum Gasteiger partial charge on any atom is -0.451 e. The van der Waals surface area contributed by atoms with Crippen LogP contribution in [0.3, 0.4) is 0 Å². The van der Waals surface area contributed by atoms with Crippen molar-refractivity contribution in [2.45, 2.75) is 0 Å². The summed E-state index contributed by atoms with van der Waals surface area (Å²) in [6.45, 7) is 0. The lowest BCUT2D eigenvalue weighted by molar-refractivity contribution is 0.0951. The topological polar surface area (TPSA) is 85.0 Å². The number of carbonyl (C=O) groups is 1. The molecule has 5 aromatic rings. The van der Waals surface area contributed by atoms with Crippen LogP contribution in [-0.4, -0.2) is 26.0 Å². The highest BCUT2D eigenvalue weighted by molar-refractivity contribution is 9.10. The Morgan fingerprint density at radius 3 is 2.41 bits per heavy atom. The number of hydrogen-bond acceptors (Lipinski definition) is 5. The molecular formula is C24H15BrClN5O2S. The lowest BCUT2D eigenvalue weighted by Gasteiger charge is -2.10. The first-order chi connectivity index (χ1) is 16.5. The minimum absolute atomic E-state index is 0.0725. The first-order valence-corrected chi connectivity index (χ1v) is 11.6. The molecule has 0 bridgehead atoms. The molecule has 5 rings (SSSR count). The second-order valence-electron chi connectivity index (χ2n) is 7.22. The predicted octanol–water partition coefficient (Wildman–Crippen LogP) is 6.22. The molecule has 0 saturated heterocycles. The van der Waals surface area contributed by atoms with Crippen LogP contribution in [0.1, 0.15) is 10.6 Å². The first kappa shape index (κ1) is 22.3. The van der Waals surface area contributed by atoms with Crippen molar-refractivity contribution < 1.29 is 9.21 Å². The number of para-hydroxylation sites is 1. The fourth-order valence-corrected chi connectivity index (χ4v) is 3.93. The van der Waals surface area contributed by atoms with Gasteiger partial charge in [-0.25, -0.2) is 0 Å². The summed E-state index contributed by atoms with van der Waals surface area (Å²) in [4.78, 5) is 14.1. The SMILES string of the molecule is O=C(NC(=S)Nc1cc2nn(-c3ccccc3)nc2cc1Cl)c1ccc(-c2ccc(Br)cc2)o1. The van der Waals surface area contributed by atoms with E-state index in [1.54, 1.807) is 24.3 Å². The second-order valence-corrected chi connectivity index (χ2v) is 8.96. The van der Waals surface area contributed by atoms with Gasteiger partial charge >= 0.3 is 0 Å². The van der Waals surface area contributed by atoms with Gasteiger partial charge in [-0.3, -0.25) is 10.1 Å². The van der Waals surface area contributed by atoms with Gasteiger partial charge in [-0.2, -0.15) is 4.80 Å². The molecule has 2 N–H and O–H groups in total. The van der Waals surface area contributed by atoms with Crippen LogP contribution >= 0.6 is 39.7 Å². The third-order valence-electron chi connectivity index (χ3n) is 4.89. The molecule has 2 aromatic heterocycles. The van der Waals surface area contributed by atoms with Crippen molar-refractivity contribution in [3.8, 4) is 17.0 Å². The van der Waals surface area contributed by atoms with E-state index in [0.29, 0.717) is 27.5 Å². The minimum atomic E-state index is -0.479. The molecule has 0 radical (unpaired) electrons. The number of halogens is 2. The number of fused-ring (bicyclic) bond motifs is 1. The highest BCUT2D eigenvalue weighted by Crippen LogP contribution is 2.27. The zero-order valence-corrected chi connectivity index (χ0v) is 20.5. The Kier molecular flexibility index (Phi) is 6.14. The number of thiocarbonyl (C=S) groups is 1. The Bertz CT molecular complexity index is 1520. The van der Waals surface area contributed by atoms with Gasteiger partial charge in [0.05, 0.1) is 16.4 Å². The van der Waals surface area contributed by atoms with E-state index in [9.17, 15) is 4.79 Å². The molecule has 168 valence electrons. The van der Waals surface area contributed by atoms with Gasteiger partial charge in [0.15, 0.2) is 10.9 Å². The Morgan fingerprint density at radius 1 is 0.971 bits per heavy atom. The van der Waals surface area contributed by atoms with Crippen LogP contribution in [0.5, 0.6) is 0 Å². The van der Waals surface area contributed by atoms with Gasteiger partial charge in [-0.1, -0.05) is 57.9 Å². The average molecular weight is 553 g/mol. The van der Waals surface area contributed by atoms with E-state index >= 15 is 0 Å². The maximum atomic E-state index is 12.6. The second kappa shape index (κ2) is 9.38. The van der Waals surface area contributed by atoms with E-state index < -0.39 is 5.91 Å². The van der Waals surface area contributed by atoms with E-state index in [0.717, 1.165) is 15.7 Å². The van der Waals surface area contributed by atoms with Crippen LogP contribution in [0, 0.1) is 0 Å². The van der Waals surface area contributed by atoms with Crippen LogP contribution < -0.4 is 10.6 Å². The summed E-state index contributed by atoms with van der Waals surface area (Å²) in [5, 5.41) is 15.0. The van der Waals surface area contributed by atoms with Crippen molar-refractivity contribution in [1.82, 2.24) is 20.3 Å². The maximum absolute atomic E-state index is 12.6. The Morgan fingerprint density at radius 2 is 1.68 bits per heavy atom. The van der Waals surface area contributed by atoms with E-state index in [1.165, 1.54) is 4.80 Å². The Hall–Kier alpha value is -3.53. The van der Waals surface area contributed by atoms with Crippen molar-refractivity contribution in [2.24, 2.45) is 0 Å². The van der Waals surface area contributed by atoms with E-state index in [1.807, 2.05) is 54.6 Å². The highest BCUT2D eigenvalue weighted by Gasteiger charge is 2.15. The summed E-state index contributed by atoms with van der Waals surface area (Å²) in [6, 6.07) is 23.9. The molecule has 0 spiro atoms. The number of hydrogen-bond donors (Lipinski definition) is 2. The number of nitrogens with zero attached hydrogens (tertiary/aromatic N) is 3. The smallest absolute Gasteiger partial charge is 0.293 e. The van der Waals surface area contributed by atoms with Crippen LogP contribution in [0.2, 0.25) is 5.02 Å². The van der Waals surface area contributed by atoms with Crippen LogP contribution in [0.4, 0.5) is 5.69 Å². The van der Waals surface area contributed by atoms with E-state index in [4.69, 9.17) is 28.2 Å². The molecule has 0 atom stereocenters. The Balaban J connectivity index is 1.29. The lowest BCUT2D eigenvalue weighted by atomic mass is 10.2. The number of benzene rings is 3. The highest BCUT2D eigenvalue weighted by atomic mass is 79.9. The first-order valence-electron chi connectivity index (χ1n) is 10.1. The van der Waals surface area contributed by atoms with Crippen LogP contribution in [-0.2, 0) is 0 Å². The number of carbonyl (C=O) groups excluding carboxylic acids is 1. The van der Waals surface area contributed by atoms with Gasteiger partial charge in [0, 0.05) is 10.0 Å². The van der Waals surface area contributed by atoms with Crippen molar-refractivity contribution in [3.63, 3.8) is 0 Å². The van der Waals surface area contributed by atoms with Gasteiger partial charge in [0.25, 0.3) is 5.91 Å². The lowest BCUT2D eigenvalue weighted by Crippen LogP contribution is -2.33. The van der Waals surface area contributed by atoms with Crippen molar-refractivity contribution in [1.29, 1.82) is 0 Å². The quantitative estimate of drug-likeness (QED) is 0.257. The van der Waals surface area contributed by atoms with Crippen LogP contribution in [0.15, 0.2) is 87.8 Å². The summed E-state index contributed by atoms with van der Waals surface area (Å²) in [5.74, 6) is 0.231. The molecule has 0 aliphatic carbocycles. The molecule has 0 fully saturated rings. The molecule has 7 nitrogen and oxygen atoms in total. The summed E-state index contributed by atoms with van der Waals surface area (Å²) in [6.07, 6.45) is 0. The number of anilines is 1. The molecule has 3 aromatic carbocycles. The largest absolute Gasteiger partial charge is 0.451 e. The fourth-order valence-electron chi connectivity index (χ4n) is 3.26. The standard InChI is InChI=1S/C24H15BrClN5O2S/c25-15-8-6-14(7-9-15)21-10-11-22(33-21)23(32)28-24(34)27-18-13-20-19(12-17(18)26)29-31(30-20)16-4-2-1-3-5-16/h1-13H,(H2,27,28,32,34). The summed E-state index contributed by atoms with van der Waals surface area (Å²) in [7, 11) is 0. The monoisotopic (exact) mass is 551 g/mol. The van der Waals surface area contributed by atoms with Crippen molar-refractivity contribution >= 4 is 67.5 Å². The van der Waals surface area contributed by atoms with Gasteiger partial charge < -0.3 is 9.73 Å². The molecule has 1 amide bonds. The summed E-state index contributed by atoms with van der Waals surface area (Å²) >= 11 is 15.1. The molecule has 34 heavy (non-hydrogen) atoms. The zero-order valence-electron chi connectivity index (χ0n) is 17.3. The van der Waals surface area contributed by atoms with Gasteiger partial charge in [0.2, 0.25) is 0 Å². The number of aromatic nitrogens is 3. The van der Waals surface area contributed by atoms with Gasteiger partial charge in [-0.15, -0.1) is 10.2 Å². The fraction of sp³-hybridized carbons (Fsp3) is 0. The molecule has 2 heterocycles. The molecule has 0 aliphatic heterocycles. The van der Waals surface area contributed by atoms with Gasteiger partial charge in [0.1, 0.15) is 16.8 Å². The molecule has 0 aliphatic rings. The number of rotatable bonds is 4. The number of nitrogens with one attached hydrogen (secondary N) is 2. The molecule has 0 saturated carbocycles. The molecular weight excluding hydrogens is 538 g/mol. The third-order valence-corrected chi connectivity index (χ3v) is 5.94. The van der Waals surface area contributed by atoms with Crippen molar-refractivity contribution in [2.75, 3.05) is 5.32 Å². The van der Waals surface area contributed by atoms with Crippen molar-refractivity contribution in [3.05, 3.63) is 94.1 Å². The van der Waals surface area contributed by atoms with Gasteiger partial charge in [-0.05, 0) is 60.7 Å². The normalized spacial score (nSPS) is 10.9. The average Bonchev–Trinajstić information content (AvgIpc) is 3.48. The summed E-state index contributed by atoms with van der Waals surface area (Å²) in [5.41, 5.74) is 3.43. The number of furan rings is 1. The molecule has 0 unspecified atom stereocenters. The van der Waals surface area contributed by atoms with E-state index in [2.05, 4.69) is 36.8 Å². The van der Waals surface area contributed by atoms with Crippen LogP contribution in [0.25, 0.3) is 28.0 Å². The summed E-state index contributed by atoms with van der Waals surface area (Å²) < 4.78 is 6.64. The Labute approximate surface area is 212 Å². The third kappa shape index (κ3) is 4.72. The maximum Gasteiger partial charge on any atom is 0.293 e. The predicted molar refractivity (Wildman–Crippen MR) is 139 cm³/mol. The number of amides is 1. The molecule has 10 heteroatoms. The van der Waals surface area contributed by atoms with E-state index in [-0.39, 0.29) is 10.9 Å². The zero-order chi connectivity index (χ0) is 23.7.